The van der Waals surface area contributed by atoms with Gasteiger partial charge in [0.1, 0.15) is 19.0 Å². The van der Waals surface area contributed by atoms with Crippen LogP contribution in [0.15, 0.2) is 99.6 Å². The Kier molecular flexibility index (Phi) is 7.09. The molecule has 0 heterocycles. The van der Waals surface area contributed by atoms with Crippen LogP contribution in [0.3, 0.4) is 0 Å². The molecule has 4 rings (SSSR count). The fourth-order valence-corrected chi connectivity index (χ4v) is 6.16. The Bertz CT molecular complexity index is 880. The topological polar surface area (TPSA) is 35.5 Å². The maximum Gasteiger partial charge on any atom is 0.309 e. The Morgan fingerprint density at radius 3 is 1.83 bits per heavy atom. The quantitative estimate of drug-likeness (QED) is 0.265. The second-order valence-electron chi connectivity index (χ2n) is 7.50. The summed E-state index contributed by atoms with van der Waals surface area (Å²) in [5, 5.41) is 0. The average molecular weight is 421 g/mol. The molecule has 3 nitrogen and oxygen atoms in total. The molecule has 1 saturated carbocycles. The second-order valence-corrected chi connectivity index (χ2v) is 9.72. The lowest BCUT2D eigenvalue weighted by atomic mass is 10.1. The number of hydrogen-bond acceptors (Lipinski definition) is 3. The summed E-state index contributed by atoms with van der Waals surface area (Å²) >= 11 is 0. The zero-order valence-corrected chi connectivity index (χ0v) is 18.0. The molecule has 0 amide bonds. The standard InChI is InChI=1S/C26H28O3S/c27-26(21-9-7-8-10-21)29-20-19-28-22-15-17-25(18-16-22)30(23-11-3-1-4-12-23)24-13-5-2-6-14-24/h1-6,11-18,21,30H,7-10,19-20H2. The van der Waals surface area contributed by atoms with Gasteiger partial charge >= 0.3 is 5.97 Å². The van der Waals surface area contributed by atoms with Gasteiger partial charge in [0.05, 0.1) is 5.92 Å². The fraction of sp³-hybridized carbons (Fsp3) is 0.269. The van der Waals surface area contributed by atoms with Crippen molar-refractivity contribution >= 4 is 16.9 Å². The van der Waals surface area contributed by atoms with Gasteiger partial charge in [-0.1, -0.05) is 49.2 Å². The third-order valence-corrected chi connectivity index (χ3v) is 7.85. The van der Waals surface area contributed by atoms with Crippen LogP contribution in [0.5, 0.6) is 5.75 Å². The molecule has 1 fully saturated rings. The highest BCUT2D eigenvalue weighted by atomic mass is 32.2. The summed E-state index contributed by atoms with van der Waals surface area (Å²) in [5.74, 6) is 0.828. The average Bonchev–Trinajstić information content (AvgIpc) is 3.34. The summed E-state index contributed by atoms with van der Waals surface area (Å²) in [6, 6.07) is 29.6. The van der Waals surface area contributed by atoms with Crippen molar-refractivity contribution in [3.63, 3.8) is 0 Å². The summed E-state index contributed by atoms with van der Waals surface area (Å²) in [5.41, 5.74) is 0. The van der Waals surface area contributed by atoms with Gasteiger partial charge in [0.15, 0.2) is 0 Å². The molecule has 30 heavy (non-hydrogen) atoms. The monoisotopic (exact) mass is 420 g/mol. The Morgan fingerprint density at radius 2 is 1.27 bits per heavy atom. The summed E-state index contributed by atoms with van der Waals surface area (Å²) in [7, 11) is -0.613. The Balaban J connectivity index is 1.38. The van der Waals surface area contributed by atoms with Crippen LogP contribution in [-0.2, 0) is 9.53 Å². The lowest BCUT2D eigenvalue weighted by Crippen LogP contribution is -2.18. The minimum absolute atomic E-state index is 0.0668. The molecule has 0 aliphatic heterocycles. The van der Waals surface area contributed by atoms with E-state index in [1.807, 2.05) is 12.1 Å². The van der Waals surface area contributed by atoms with E-state index in [9.17, 15) is 4.79 Å². The first-order valence-corrected chi connectivity index (χ1v) is 12.0. The van der Waals surface area contributed by atoms with Gasteiger partial charge in [-0.05, 0) is 76.1 Å². The molecule has 0 unspecified atom stereocenters. The van der Waals surface area contributed by atoms with Gasteiger partial charge < -0.3 is 9.47 Å². The highest BCUT2D eigenvalue weighted by Crippen LogP contribution is 2.51. The van der Waals surface area contributed by atoms with Crippen LogP contribution in [0.1, 0.15) is 25.7 Å². The van der Waals surface area contributed by atoms with Crippen molar-refractivity contribution in [3.05, 3.63) is 84.9 Å². The van der Waals surface area contributed by atoms with Crippen molar-refractivity contribution in [1.29, 1.82) is 0 Å². The Morgan fingerprint density at radius 1 is 0.733 bits per heavy atom. The molecule has 0 bridgehead atoms. The van der Waals surface area contributed by atoms with Crippen LogP contribution in [0.4, 0.5) is 0 Å². The molecule has 3 aromatic rings. The van der Waals surface area contributed by atoms with Crippen molar-refractivity contribution in [1.82, 2.24) is 0 Å². The van der Waals surface area contributed by atoms with Crippen molar-refractivity contribution < 1.29 is 14.3 Å². The number of ether oxygens (including phenoxy) is 2. The van der Waals surface area contributed by atoms with E-state index < -0.39 is 10.9 Å². The summed E-state index contributed by atoms with van der Waals surface area (Å²) in [6.45, 7) is 0.682. The van der Waals surface area contributed by atoms with Crippen molar-refractivity contribution in [2.45, 2.75) is 40.4 Å². The molecule has 0 radical (unpaired) electrons. The van der Waals surface area contributed by atoms with Crippen LogP contribution in [0.25, 0.3) is 0 Å². The number of hydrogen-bond donors (Lipinski definition) is 1. The molecule has 1 aliphatic carbocycles. The number of thiol groups is 1. The lowest BCUT2D eigenvalue weighted by Gasteiger charge is -2.23. The first-order valence-electron chi connectivity index (χ1n) is 10.6. The van der Waals surface area contributed by atoms with Crippen LogP contribution in [0, 0.1) is 5.92 Å². The van der Waals surface area contributed by atoms with Crippen LogP contribution >= 0.6 is 10.9 Å². The zero-order valence-electron chi connectivity index (χ0n) is 17.1. The van der Waals surface area contributed by atoms with Crippen LogP contribution in [-0.4, -0.2) is 19.2 Å². The molecule has 0 atom stereocenters. The molecular formula is C26H28O3S. The van der Waals surface area contributed by atoms with Gasteiger partial charge in [-0.2, -0.15) is 10.9 Å². The Labute approximate surface area is 181 Å². The van der Waals surface area contributed by atoms with Crippen molar-refractivity contribution in [2.75, 3.05) is 13.2 Å². The van der Waals surface area contributed by atoms with E-state index in [0.29, 0.717) is 13.2 Å². The number of carbonyl (C=O) groups is 1. The van der Waals surface area contributed by atoms with Gasteiger partial charge in [-0.15, -0.1) is 0 Å². The first-order chi connectivity index (χ1) is 14.8. The van der Waals surface area contributed by atoms with Crippen LogP contribution < -0.4 is 4.74 Å². The minimum Gasteiger partial charge on any atom is -0.490 e. The van der Waals surface area contributed by atoms with E-state index in [-0.39, 0.29) is 11.9 Å². The lowest BCUT2D eigenvalue weighted by molar-refractivity contribution is -0.149. The summed E-state index contributed by atoms with van der Waals surface area (Å²) in [6.07, 6.45) is 4.20. The zero-order chi connectivity index (χ0) is 20.6. The smallest absolute Gasteiger partial charge is 0.309 e. The molecule has 4 heteroatoms. The van der Waals surface area contributed by atoms with E-state index in [1.54, 1.807) is 0 Å². The number of esters is 1. The van der Waals surface area contributed by atoms with Gasteiger partial charge in [0.2, 0.25) is 0 Å². The third kappa shape index (κ3) is 5.25. The van der Waals surface area contributed by atoms with E-state index in [1.165, 1.54) is 14.7 Å². The second kappa shape index (κ2) is 10.4. The summed E-state index contributed by atoms with van der Waals surface area (Å²) < 4.78 is 11.2. The largest absolute Gasteiger partial charge is 0.490 e. The third-order valence-electron chi connectivity index (χ3n) is 5.41. The SMILES string of the molecule is O=C(OCCOc1ccc([SH](c2ccccc2)c2ccccc2)cc1)C1CCCC1. The number of carbonyl (C=O) groups excluding carboxylic acids is 1. The Hall–Kier alpha value is -2.72. The molecule has 156 valence electrons. The molecule has 3 aromatic carbocycles. The number of benzene rings is 3. The van der Waals surface area contributed by atoms with E-state index in [2.05, 4.69) is 72.8 Å². The molecule has 0 spiro atoms. The maximum atomic E-state index is 12.0. The van der Waals surface area contributed by atoms with E-state index >= 15 is 0 Å². The van der Waals surface area contributed by atoms with Crippen molar-refractivity contribution in [2.24, 2.45) is 5.92 Å². The van der Waals surface area contributed by atoms with Crippen LogP contribution in [0.2, 0.25) is 0 Å². The van der Waals surface area contributed by atoms with E-state index in [4.69, 9.17) is 9.47 Å². The van der Waals surface area contributed by atoms with Gasteiger partial charge in [-0.25, -0.2) is 0 Å². The molecule has 0 N–H and O–H groups in total. The maximum absolute atomic E-state index is 12.0. The predicted molar refractivity (Wildman–Crippen MR) is 122 cm³/mol. The van der Waals surface area contributed by atoms with Crippen molar-refractivity contribution in [3.8, 4) is 5.75 Å². The minimum atomic E-state index is -0.613. The van der Waals surface area contributed by atoms with E-state index in [0.717, 1.165) is 31.4 Å². The van der Waals surface area contributed by atoms with Gasteiger partial charge in [0, 0.05) is 0 Å². The van der Waals surface area contributed by atoms with Gasteiger partial charge in [0.25, 0.3) is 0 Å². The molecule has 0 saturated heterocycles. The van der Waals surface area contributed by atoms with Gasteiger partial charge in [-0.3, -0.25) is 4.79 Å². The first kappa shape index (κ1) is 20.5. The molecular weight excluding hydrogens is 392 g/mol. The predicted octanol–water partition coefficient (Wildman–Crippen LogP) is 6.28. The highest BCUT2D eigenvalue weighted by Gasteiger charge is 2.23. The normalized spacial score (nSPS) is 14.3. The summed E-state index contributed by atoms with van der Waals surface area (Å²) in [4.78, 5) is 15.9. The molecule has 0 aromatic heterocycles. The number of rotatable bonds is 8. The highest BCUT2D eigenvalue weighted by molar-refractivity contribution is 8.17. The fourth-order valence-electron chi connectivity index (χ4n) is 3.87. The molecule has 1 aliphatic rings.